The van der Waals surface area contributed by atoms with E-state index in [1.165, 1.54) is 16.4 Å². The van der Waals surface area contributed by atoms with Gasteiger partial charge in [0.2, 0.25) is 5.91 Å². The molecule has 1 aliphatic carbocycles. The van der Waals surface area contributed by atoms with Crippen LogP contribution < -0.4 is 10.9 Å². The van der Waals surface area contributed by atoms with Gasteiger partial charge in [0.05, 0.1) is 17.6 Å². The molecule has 2 aromatic rings. The Hall–Kier alpha value is -2.26. The highest BCUT2D eigenvalue weighted by Gasteiger charge is 2.22. The minimum Gasteiger partial charge on any atom is -0.478 e. The zero-order valence-electron chi connectivity index (χ0n) is 15.2. The van der Waals surface area contributed by atoms with E-state index in [0.717, 1.165) is 37.0 Å². The number of nitrogens with one attached hydrogen (secondary N) is 1. The molecule has 0 spiro atoms. The van der Waals surface area contributed by atoms with Crippen molar-refractivity contribution in [3.05, 3.63) is 27.1 Å². The van der Waals surface area contributed by atoms with E-state index in [2.05, 4.69) is 10.3 Å². The van der Waals surface area contributed by atoms with E-state index in [0.29, 0.717) is 23.7 Å². The second-order valence-corrected chi connectivity index (χ2v) is 7.56. The van der Waals surface area contributed by atoms with Crippen LogP contribution >= 0.6 is 11.3 Å². The molecule has 2 aromatic heterocycles. The van der Waals surface area contributed by atoms with Gasteiger partial charge < -0.3 is 15.2 Å². The second kappa shape index (κ2) is 8.62. The minimum atomic E-state index is -1.18. The number of rotatable bonds is 7. The zero-order chi connectivity index (χ0) is 19.4. The highest BCUT2D eigenvalue weighted by atomic mass is 32.1. The predicted molar refractivity (Wildman–Crippen MR) is 101 cm³/mol. The standard InChI is InChI=1S/C18H23N3O5S/c1-26-8-7-13-20-16-15(12(10-27-16)18(24)25)17(23)21(13)9-14(22)19-11-5-3-2-4-6-11/h10-11H,2-9H2,1H3,(H,19,22)(H,24,25). The number of carbonyl (C=O) groups excluding carboxylic acids is 1. The van der Waals surface area contributed by atoms with Crippen molar-refractivity contribution >= 4 is 33.4 Å². The molecule has 0 bridgehead atoms. The van der Waals surface area contributed by atoms with Crippen LogP contribution in [0, 0.1) is 0 Å². The number of thiophene rings is 1. The van der Waals surface area contributed by atoms with Gasteiger partial charge in [0.1, 0.15) is 17.2 Å². The molecule has 0 saturated heterocycles. The van der Waals surface area contributed by atoms with Gasteiger partial charge in [0.15, 0.2) is 0 Å². The number of carboxylic acids is 1. The summed E-state index contributed by atoms with van der Waals surface area (Å²) in [5.74, 6) is -1.01. The van der Waals surface area contributed by atoms with Gasteiger partial charge in [-0.05, 0) is 12.8 Å². The van der Waals surface area contributed by atoms with Crippen molar-refractivity contribution in [2.45, 2.75) is 51.1 Å². The number of hydrogen-bond acceptors (Lipinski definition) is 6. The first-order valence-corrected chi connectivity index (χ1v) is 9.91. The molecule has 0 unspecified atom stereocenters. The van der Waals surface area contributed by atoms with Gasteiger partial charge in [-0.25, -0.2) is 9.78 Å². The summed E-state index contributed by atoms with van der Waals surface area (Å²) in [4.78, 5) is 41.7. The van der Waals surface area contributed by atoms with Crippen LogP contribution in [-0.2, 0) is 22.5 Å². The molecule has 2 heterocycles. The van der Waals surface area contributed by atoms with Crippen LogP contribution in [0.5, 0.6) is 0 Å². The van der Waals surface area contributed by atoms with Gasteiger partial charge in [0.25, 0.3) is 5.56 Å². The van der Waals surface area contributed by atoms with Crippen LogP contribution in [0.15, 0.2) is 10.2 Å². The zero-order valence-corrected chi connectivity index (χ0v) is 16.0. The summed E-state index contributed by atoms with van der Waals surface area (Å²) in [5.41, 5.74) is -0.573. The first kappa shape index (κ1) is 19.5. The SMILES string of the molecule is COCCc1nc2scc(C(=O)O)c2c(=O)n1CC(=O)NC1CCCCC1. The van der Waals surface area contributed by atoms with E-state index in [1.54, 1.807) is 7.11 Å². The number of aromatic carboxylic acids is 1. The van der Waals surface area contributed by atoms with E-state index < -0.39 is 11.5 Å². The summed E-state index contributed by atoms with van der Waals surface area (Å²) >= 11 is 1.11. The van der Waals surface area contributed by atoms with Gasteiger partial charge in [0, 0.05) is 25.0 Å². The van der Waals surface area contributed by atoms with Crippen LogP contribution in [0.25, 0.3) is 10.2 Å². The van der Waals surface area contributed by atoms with Crippen molar-refractivity contribution in [1.29, 1.82) is 0 Å². The average molecular weight is 393 g/mol. The quantitative estimate of drug-likeness (QED) is 0.742. The molecule has 27 heavy (non-hydrogen) atoms. The summed E-state index contributed by atoms with van der Waals surface area (Å²) in [6.07, 6.45) is 5.62. The van der Waals surface area contributed by atoms with Crippen molar-refractivity contribution in [1.82, 2.24) is 14.9 Å². The molecule has 0 aliphatic heterocycles. The molecule has 3 rings (SSSR count). The molecule has 1 fully saturated rings. The van der Waals surface area contributed by atoms with E-state index in [1.807, 2.05) is 0 Å². The molecule has 8 nitrogen and oxygen atoms in total. The molecular formula is C18H23N3O5S. The first-order chi connectivity index (χ1) is 13.0. The normalized spacial score (nSPS) is 15.1. The Labute approximate surface area is 160 Å². The summed E-state index contributed by atoms with van der Waals surface area (Å²) in [6, 6.07) is 0.136. The Kier molecular flexibility index (Phi) is 6.22. The molecule has 2 N–H and O–H groups in total. The van der Waals surface area contributed by atoms with Gasteiger partial charge in [-0.3, -0.25) is 14.2 Å². The summed E-state index contributed by atoms with van der Waals surface area (Å²) in [5, 5.41) is 13.8. The fraction of sp³-hybridized carbons (Fsp3) is 0.556. The number of amides is 1. The molecule has 9 heteroatoms. The number of carboxylic acid groups (broad SMARTS) is 1. The molecule has 0 radical (unpaired) electrons. The fourth-order valence-corrected chi connectivity index (χ4v) is 4.36. The Balaban J connectivity index is 1.93. The highest BCUT2D eigenvalue weighted by Crippen LogP contribution is 2.22. The molecule has 1 saturated carbocycles. The Morgan fingerprint density at radius 3 is 2.78 bits per heavy atom. The lowest BCUT2D eigenvalue weighted by Crippen LogP contribution is -2.40. The van der Waals surface area contributed by atoms with Crippen molar-refractivity contribution in [3.63, 3.8) is 0 Å². The number of methoxy groups -OCH3 is 1. The largest absolute Gasteiger partial charge is 0.478 e. The number of carbonyl (C=O) groups is 2. The Morgan fingerprint density at radius 2 is 2.11 bits per heavy atom. The monoisotopic (exact) mass is 393 g/mol. The molecule has 146 valence electrons. The maximum atomic E-state index is 13.0. The molecule has 0 atom stereocenters. The van der Waals surface area contributed by atoms with E-state index in [9.17, 15) is 19.5 Å². The Bertz CT molecular complexity index is 898. The molecular weight excluding hydrogens is 370 g/mol. The summed E-state index contributed by atoms with van der Waals surface area (Å²) < 4.78 is 6.35. The summed E-state index contributed by atoms with van der Waals surface area (Å²) in [7, 11) is 1.55. The van der Waals surface area contributed by atoms with Crippen LogP contribution in [0.1, 0.15) is 48.3 Å². The third-order valence-corrected chi connectivity index (χ3v) is 5.68. The topological polar surface area (TPSA) is 111 Å². The minimum absolute atomic E-state index is 0.0548. The van der Waals surface area contributed by atoms with Gasteiger partial charge in [-0.2, -0.15) is 0 Å². The number of nitrogens with zero attached hydrogens (tertiary/aromatic N) is 2. The van der Waals surface area contributed by atoms with Crippen LogP contribution in [0.2, 0.25) is 0 Å². The average Bonchev–Trinajstić information content (AvgIpc) is 3.08. The lowest BCUT2D eigenvalue weighted by atomic mass is 9.95. The van der Waals surface area contributed by atoms with Gasteiger partial charge in [-0.1, -0.05) is 19.3 Å². The molecule has 1 amide bonds. The first-order valence-electron chi connectivity index (χ1n) is 9.03. The smallest absolute Gasteiger partial charge is 0.337 e. The van der Waals surface area contributed by atoms with Crippen molar-refractivity contribution in [3.8, 4) is 0 Å². The van der Waals surface area contributed by atoms with E-state index in [4.69, 9.17) is 4.74 Å². The molecule has 1 aliphatic rings. The third kappa shape index (κ3) is 4.36. The van der Waals surface area contributed by atoms with Gasteiger partial charge in [-0.15, -0.1) is 11.3 Å². The van der Waals surface area contributed by atoms with E-state index in [-0.39, 0.29) is 29.4 Å². The van der Waals surface area contributed by atoms with Crippen molar-refractivity contribution in [2.75, 3.05) is 13.7 Å². The number of fused-ring (bicyclic) bond motifs is 1. The second-order valence-electron chi connectivity index (χ2n) is 6.70. The number of hydrogen-bond donors (Lipinski definition) is 2. The maximum absolute atomic E-state index is 13.0. The van der Waals surface area contributed by atoms with Crippen molar-refractivity contribution in [2.24, 2.45) is 0 Å². The van der Waals surface area contributed by atoms with Crippen LogP contribution in [0.3, 0.4) is 0 Å². The van der Waals surface area contributed by atoms with Crippen LogP contribution in [0.4, 0.5) is 0 Å². The van der Waals surface area contributed by atoms with Crippen LogP contribution in [-0.4, -0.2) is 46.3 Å². The highest BCUT2D eigenvalue weighted by molar-refractivity contribution is 7.17. The predicted octanol–water partition coefficient (Wildman–Crippen LogP) is 1.79. The number of aromatic nitrogens is 2. The lowest BCUT2D eigenvalue weighted by Gasteiger charge is -2.23. The third-order valence-electron chi connectivity index (χ3n) is 4.81. The Morgan fingerprint density at radius 1 is 1.37 bits per heavy atom. The number of ether oxygens (including phenoxy) is 1. The van der Waals surface area contributed by atoms with Gasteiger partial charge >= 0.3 is 5.97 Å². The molecule has 0 aromatic carbocycles. The fourth-order valence-electron chi connectivity index (χ4n) is 3.43. The van der Waals surface area contributed by atoms with Crippen molar-refractivity contribution < 1.29 is 19.4 Å². The maximum Gasteiger partial charge on any atom is 0.337 e. The summed E-state index contributed by atoms with van der Waals surface area (Å²) in [6.45, 7) is 0.172. The lowest BCUT2D eigenvalue weighted by molar-refractivity contribution is -0.122. The van der Waals surface area contributed by atoms with E-state index >= 15 is 0 Å².